The Hall–Kier alpha value is -1.46. The normalized spacial score (nSPS) is 15.6. The molecule has 14 heavy (non-hydrogen) atoms. The predicted octanol–water partition coefficient (Wildman–Crippen LogP) is 0.110. The van der Waals surface area contributed by atoms with Crippen LogP contribution >= 0.6 is 0 Å². The summed E-state index contributed by atoms with van der Waals surface area (Å²) in [5.74, 6) is 0.616. The van der Waals surface area contributed by atoms with Gasteiger partial charge in [-0.2, -0.15) is 0 Å². The van der Waals surface area contributed by atoms with Crippen LogP contribution in [0.15, 0.2) is 24.8 Å². The first-order chi connectivity index (χ1) is 6.68. The minimum absolute atomic E-state index is 0.308. The molecule has 0 aliphatic heterocycles. The van der Waals surface area contributed by atoms with Crippen molar-refractivity contribution in [2.24, 2.45) is 5.73 Å². The predicted molar refractivity (Wildman–Crippen MR) is 51.6 cm³/mol. The van der Waals surface area contributed by atoms with Crippen LogP contribution in [-0.4, -0.2) is 25.5 Å². The first-order valence-electron chi connectivity index (χ1n) is 4.41. The van der Waals surface area contributed by atoms with Crippen molar-refractivity contribution in [1.29, 1.82) is 0 Å². The van der Waals surface area contributed by atoms with Crippen molar-refractivity contribution in [2.45, 2.75) is 19.1 Å². The molecular weight excluding hydrogens is 180 g/mol. The van der Waals surface area contributed by atoms with Crippen molar-refractivity contribution in [1.82, 2.24) is 14.4 Å². The topological polar surface area (TPSA) is 76.4 Å². The van der Waals surface area contributed by atoms with Crippen LogP contribution in [0.1, 0.15) is 18.6 Å². The highest BCUT2D eigenvalue weighted by Crippen LogP contribution is 2.14. The Morgan fingerprint density at radius 1 is 1.50 bits per heavy atom. The third-order valence-electron chi connectivity index (χ3n) is 2.11. The molecule has 2 aromatic heterocycles. The SMILES string of the molecule is CC(N)C(O)c1cnc2nccn2c1. The van der Waals surface area contributed by atoms with Crippen LogP contribution in [0.3, 0.4) is 0 Å². The maximum Gasteiger partial charge on any atom is 0.233 e. The summed E-state index contributed by atoms with van der Waals surface area (Å²) in [7, 11) is 0. The third-order valence-corrected chi connectivity index (χ3v) is 2.11. The lowest BCUT2D eigenvalue weighted by Crippen LogP contribution is -2.24. The number of hydrogen-bond acceptors (Lipinski definition) is 4. The van der Waals surface area contributed by atoms with Crippen molar-refractivity contribution in [2.75, 3.05) is 0 Å². The fourth-order valence-corrected chi connectivity index (χ4v) is 1.29. The van der Waals surface area contributed by atoms with Crippen molar-refractivity contribution >= 4 is 5.78 Å². The first kappa shape index (κ1) is 9.11. The number of aliphatic hydroxyl groups excluding tert-OH is 1. The van der Waals surface area contributed by atoms with Gasteiger partial charge in [0.05, 0.1) is 6.10 Å². The summed E-state index contributed by atoms with van der Waals surface area (Å²) in [6.45, 7) is 1.75. The molecule has 0 bridgehead atoms. The number of aliphatic hydroxyl groups is 1. The second-order valence-corrected chi connectivity index (χ2v) is 3.33. The molecule has 74 valence electrons. The molecule has 2 rings (SSSR count). The Morgan fingerprint density at radius 2 is 2.29 bits per heavy atom. The smallest absolute Gasteiger partial charge is 0.233 e. The maximum atomic E-state index is 9.70. The number of nitrogens with zero attached hydrogens (tertiary/aromatic N) is 3. The molecule has 0 aliphatic rings. The van der Waals surface area contributed by atoms with E-state index in [1.54, 1.807) is 36.1 Å². The quantitative estimate of drug-likeness (QED) is 0.708. The molecule has 3 N–H and O–H groups in total. The standard InChI is InChI=1S/C9H12N4O/c1-6(10)8(14)7-4-12-9-11-2-3-13(9)5-7/h2-6,8,14H,10H2,1H3. The van der Waals surface area contributed by atoms with Crippen molar-refractivity contribution in [3.63, 3.8) is 0 Å². The van der Waals surface area contributed by atoms with Gasteiger partial charge in [-0.05, 0) is 6.92 Å². The monoisotopic (exact) mass is 192 g/mol. The van der Waals surface area contributed by atoms with E-state index in [1.165, 1.54) is 0 Å². The minimum atomic E-state index is -0.686. The Kier molecular flexibility index (Phi) is 2.18. The Labute approximate surface area is 81.2 Å². The summed E-state index contributed by atoms with van der Waals surface area (Å²) in [6.07, 6.45) is 6.12. The summed E-state index contributed by atoms with van der Waals surface area (Å²) >= 11 is 0. The molecule has 5 heteroatoms. The average Bonchev–Trinajstić information content (AvgIpc) is 2.62. The molecule has 0 radical (unpaired) electrons. The fourth-order valence-electron chi connectivity index (χ4n) is 1.29. The molecule has 2 aromatic rings. The molecule has 0 spiro atoms. The molecule has 0 fully saturated rings. The largest absolute Gasteiger partial charge is 0.387 e. The van der Waals surface area contributed by atoms with Gasteiger partial charge < -0.3 is 10.8 Å². The van der Waals surface area contributed by atoms with Crippen molar-refractivity contribution in [3.8, 4) is 0 Å². The maximum absolute atomic E-state index is 9.70. The molecule has 2 atom stereocenters. The van der Waals surface area contributed by atoms with Gasteiger partial charge in [-0.3, -0.25) is 4.40 Å². The molecule has 0 saturated heterocycles. The van der Waals surface area contributed by atoms with E-state index >= 15 is 0 Å². The van der Waals surface area contributed by atoms with Gasteiger partial charge in [0.1, 0.15) is 0 Å². The lowest BCUT2D eigenvalue weighted by atomic mass is 10.1. The van der Waals surface area contributed by atoms with Crippen LogP contribution in [0.5, 0.6) is 0 Å². The van der Waals surface area contributed by atoms with Gasteiger partial charge in [0.2, 0.25) is 5.78 Å². The van der Waals surface area contributed by atoms with Crippen LogP contribution in [0.4, 0.5) is 0 Å². The van der Waals surface area contributed by atoms with Crippen LogP contribution in [0, 0.1) is 0 Å². The van der Waals surface area contributed by atoms with E-state index in [0.717, 1.165) is 0 Å². The van der Waals surface area contributed by atoms with Gasteiger partial charge in [0.25, 0.3) is 0 Å². The first-order valence-corrected chi connectivity index (χ1v) is 4.41. The Balaban J connectivity index is 2.43. The number of nitrogens with two attached hydrogens (primary N) is 1. The number of hydrogen-bond donors (Lipinski definition) is 2. The molecule has 0 amide bonds. The molecule has 0 aliphatic carbocycles. The highest BCUT2D eigenvalue weighted by Gasteiger charge is 2.13. The molecule has 5 nitrogen and oxygen atoms in total. The van der Waals surface area contributed by atoms with E-state index in [9.17, 15) is 5.11 Å². The lowest BCUT2D eigenvalue weighted by Gasteiger charge is -2.14. The summed E-state index contributed by atoms with van der Waals surface area (Å²) in [4.78, 5) is 8.08. The Morgan fingerprint density at radius 3 is 3.00 bits per heavy atom. The minimum Gasteiger partial charge on any atom is -0.387 e. The zero-order chi connectivity index (χ0) is 10.1. The zero-order valence-corrected chi connectivity index (χ0v) is 7.83. The van der Waals surface area contributed by atoms with Crippen molar-refractivity contribution in [3.05, 3.63) is 30.4 Å². The highest BCUT2D eigenvalue weighted by atomic mass is 16.3. The van der Waals surface area contributed by atoms with Gasteiger partial charge in [0.15, 0.2) is 0 Å². The number of rotatable bonds is 2. The summed E-state index contributed by atoms with van der Waals surface area (Å²) in [5.41, 5.74) is 6.28. The van der Waals surface area contributed by atoms with Crippen LogP contribution < -0.4 is 5.73 Å². The summed E-state index contributed by atoms with van der Waals surface area (Å²) in [6, 6.07) is -0.308. The van der Waals surface area contributed by atoms with Gasteiger partial charge in [0, 0.05) is 36.4 Å². The number of aromatic nitrogens is 3. The molecular formula is C9H12N4O. The van der Waals surface area contributed by atoms with Crippen LogP contribution in [-0.2, 0) is 0 Å². The van der Waals surface area contributed by atoms with Gasteiger partial charge in [-0.15, -0.1) is 0 Å². The van der Waals surface area contributed by atoms with Gasteiger partial charge in [-0.25, -0.2) is 9.97 Å². The van der Waals surface area contributed by atoms with E-state index in [0.29, 0.717) is 11.3 Å². The van der Waals surface area contributed by atoms with E-state index in [1.807, 2.05) is 0 Å². The number of imidazole rings is 1. The molecule has 0 aromatic carbocycles. The van der Waals surface area contributed by atoms with Gasteiger partial charge in [-0.1, -0.05) is 0 Å². The second kappa shape index (κ2) is 3.36. The summed E-state index contributed by atoms with van der Waals surface area (Å²) < 4.78 is 1.75. The number of fused-ring (bicyclic) bond motifs is 1. The van der Waals surface area contributed by atoms with Crippen LogP contribution in [0.2, 0.25) is 0 Å². The van der Waals surface area contributed by atoms with E-state index in [-0.39, 0.29) is 6.04 Å². The average molecular weight is 192 g/mol. The summed E-state index contributed by atoms with van der Waals surface area (Å²) in [5, 5.41) is 9.70. The highest BCUT2D eigenvalue weighted by molar-refractivity contribution is 5.29. The van der Waals surface area contributed by atoms with E-state index < -0.39 is 6.10 Å². The third kappa shape index (κ3) is 1.47. The van der Waals surface area contributed by atoms with E-state index in [4.69, 9.17) is 5.73 Å². The molecule has 2 heterocycles. The van der Waals surface area contributed by atoms with E-state index in [2.05, 4.69) is 9.97 Å². The second-order valence-electron chi connectivity index (χ2n) is 3.33. The molecule has 2 unspecified atom stereocenters. The Bertz CT molecular complexity index is 437. The van der Waals surface area contributed by atoms with Crippen molar-refractivity contribution < 1.29 is 5.11 Å². The van der Waals surface area contributed by atoms with Crippen LogP contribution in [0.25, 0.3) is 5.78 Å². The lowest BCUT2D eigenvalue weighted by molar-refractivity contribution is 0.152. The molecule has 0 saturated carbocycles. The fraction of sp³-hybridized carbons (Fsp3) is 0.333. The zero-order valence-electron chi connectivity index (χ0n) is 7.83. The van der Waals surface area contributed by atoms with Gasteiger partial charge >= 0.3 is 0 Å².